The molecule has 0 spiro atoms. The van der Waals surface area contributed by atoms with Gasteiger partial charge in [0.05, 0.1) is 5.41 Å². The van der Waals surface area contributed by atoms with Gasteiger partial charge in [0.2, 0.25) is 0 Å². The zero-order valence-corrected chi connectivity index (χ0v) is 35.6. The van der Waals surface area contributed by atoms with Crippen molar-refractivity contribution in [3.8, 4) is 44.5 Å². The van der Waals surface area contributed by atoms with Crippen LogP contribution < -0.4 is 5.32 Å². The smallest absolute Gasteiger partial charge is 0.159 e. The maximum atomic E-state index is 5.28. The summed E-state index contributed by atoms with van der Waals surface area (Å²) in [5.74, 6) is 1.49. The Morgan fingerprint density at radius 2 is 0.938 bits per heavy atom. The molecule has 10 aromatic carbocycles. The molecule has 0 bridgehead atoms. The number of nitrogens with one attached hydrogen (secondary N) is 1. The number of benzene rings is 10. The largest absolute Gasteiger partial charge is 0.344 e. The van der Waals surface area contributed by atoms with Gasteiger partial charge in [0.1, 0.15) is 12.0 Å². The summed E-state index contributed by atoms with van der Waals surface area (Å²) in [6, 6.07) is 89.8. The monoisotopic (exact) mass is 829 g/mol. The molecule has 1 unspecified atom stereocenters. The summed E-state index contributed by atoms with van der Waals surface area (Å²) in [5.41, 5.74) is 17.3. The Labute approximate surface area is 379 Å². The van der Waals surface area contributed by atoms with Gasteiger partial charge >= 0.3 is 0 Å². The van der Waals surface area contributed by atoms with E-state index in [9.17, 15) is 0 Å². The van der Waals surface area contributed by atoms with Crippen LogP contribution >= 0.6 is 0 Å². The summed E-state index contributed by atoms with van der Waals surface area (Å²) < 4.78 is 0. The fourth-order valence-corrected chi connectivity index (χ4v) is 10.2. The SMILES string of the molecule is c1ccc(C2=NC(c3ccc(-c4c(-c5ccc6c(c5)C(c5ccccc5)(c5ccccc5)c5ccccc5-6)ccc5ccccc45)cc3)=NC(c3cccc(-c4ccccc4)c3)N2)cc1. The Morgan fingerprint density at radius 3 is 1.68 bits per heavy atom. The van der Waals surface area contributed by atoms with Crippen molar-refractivity contribution in [2.24, 2.45) is 9.98 Å². The summed E-state index contributed by atoms with van der Waals surface area (Å²) in [6.45, 7) is 0. The van der Waals surface area contributed by atoms with E-state index in [2.05, 4.69) is 248 Å². The van der Waals surface area contributed by atoms with Crippen molar-refractivity contribution in [1.29, 1.82) is 0 Å². The molecule has 3 heteroatoms. The van der Waals surface area contributed by atoms with Crippen LogP contribution in [-0.4, -0.2) is 11.7 Å². The maximum absolute atomic E-state index is 5.28. The van der Waals surface area contributed by atoms with Gasteiger partial charge in [-0.15, -0.1) is 0 Å². The lowest BCUT2D eigenvalue weighted by Crippen LogP contribution is -2.33. The Hall–Kier alpha value is -8.40. The summed E-state index contributed by atoms with van der Waals surface area (Å²) in [5, 5.41) is 6.07. The zero-order valence-electron chi connectivity index (χ0n) is 35.6. The fraction of sp³-hybridized carbons (Fsp3) is 0.0323. The predicted octanol–water partition coefficient (Wildman–Crippen LogP) is 14.7. The van der Waals surface area contributed by atoms with Crippen LogP contribution in [0.25, 0.3) is 55.3 Å². The second-order valence-corrected chi connectivity index (χ2v) is 16.9. The Bertz CT molecular complexity index is 3390. The minimum absolute atomic E-state index is 0.324. The van der Waals surface area contributed by atoms with Crippen LogP contribution in [0, 0.1) is 0 Å². The molecule has 2 aliphatic rings. The van der Waals surface area contributed by atoms with E-state index < -0.39 is 5.41 Å². The van der Waals surface area contributed by atoms with E-state index in [0.717, 1.165) is 33.7 Å². The van der Waals surface area contributed by atoms with Crippen LogP contribution in [0.4, 0.5) is 0 Å². The van der Waals surface area contributed by atoms with Gasteiger partial charge in [-0.25, -0.2) is 9.98 Å². The molecule has 0 aromatic heterocycles. The molecule has 0 fully saturated rings. The fourth-order valence-electron chi connectivity index (χ4n) is 10.2. The van der Waals surface area contributed by atoms with Crippen molar-refractivity contribution in [2.75, 3.05) is 0 Å². The van der Waals surface area contributed by atoms with Crippen molar-refractivity contribution in [3.63, 3.8) is 0 Å². The van der Waals surface area contributed by atoms with Gasteiger partial charge < -0.3 is 5.32 Å². The molecule has 1 heterocycles. The number of fused-ring (bicyclic) bond motifs is 4. The van der Waals surface area contributed by atoms with Crippen molar-refractivity contribution in [1.82, 2.24) is 5.32 Å². The van der Waals surface area contributed by atoms with Crippen LogP contribution in [0.1, 0.15) is 45.1 Å². The third-order valence-corrected chi connectivity index (χ3v) is 13.2. The van der Waals surface area contributed by atoms with Crippen molar-refractivity contribution in [3.05, 3.63) is 288 Å². The van der Waals surface area contributed by atoms with E-state index in [1.54, 1.807) is 0 Å². The first kappa shape index (κ1) is 38.3. The molecule has 0 radical (unpaired) electrons. The minimum atomic E-state index is -0.488. The Kier molecular flexibility index (Phi) is 9.46. The molecular formula is C62H43N3. The molecule has 0 saturated heterocycles. The lowest BCUT2D eigenvalue weighted by Gasteiger charge is -2.34. The van der Waals surface area contributed by atoms with Gasteiger partial charge in [-0.05, 0) is 95.2 Å². The third-order valence-electron chi connectivity index (χ3n) is 13.2. The Morgan fingerprint density at radius 1 is 0.369 bits per heavy atom. The average molecular weight is 830 g/mol. The quantitative estimate of drug-likeness (QED) is 0.163. The summed E-state index contributed by atoms with van der Waals surface area (Å²) >= 11 is 0. The maximum Gasteiger partial charge on any atom is 0.159 e. The van der Waals surface area contributed by atoms with Gasteiger partial charge in [-0.1, -0.05) is 237 Å². The molecule has 12 rings (SSSR count). The first-order valence-corrected chi connectivity index (χ1v) is 22.3. The number of hydrogen-bond donors (Lipinski definition) is 1. The van der Waals surface area contributed by atoms with Crippen LogP contribution in [0.3, 0.4) is 0 Å². The molecule has 1 aliphatic heterocycles. The van der Waals surface area contributed by atoms with Gasteiger partial charge in [0.25, 0.3) is 0 Å². The van der Waals surface area contributed by atoms with Crippen LogP contribution in [-0.2, 0) is 5.41 Å². The highest BCUT2D eigenvalue weighted by molar-refractivity contribution is 6.13. The van der Waals surface area contributed by atoms with Crippen molar-refractivity contribution in [2.45, 2.75) is 11.6 Å². The molecule has 1 atom stereocenters. The van der Waals surface area contributed by atoms with E-state index in [0.29, 0.717) is 5.84 Å². The Balaban J connectivity index is 0.991. The standard InChI is InChI=1S/C62H43N3/c1-5-18-42(19-6-1)47-23-17-24-49(40-47)61-64-59(45-21-7-2-8-22-45)63-60(65-61)46-34-32-44(33-35-46)58-52-29-14-13-20-43(52)36-38-53(58)48-37-39-55-54-30-15-16-31-56(54)62(57(55)41-48,50-25-9-3-10-26-50)51-27-11-4-12-28-51/h1-41,61H,(H,63,64,65). The first-order chi connectivity index (χ1) is 32.2. The van der Waals surface area contributed by atoms with Gasteiger partial charge in [0.15, 0.2) is 5.84 Å². The van der Waals surface area contributed by atoms with Crippen LogP contribution in [0.5, 0.6) is 0 Å². The van der Waals surface area contributed by atoms with Gasteiger partial charge in [-0.2, -0.15) is 0 Å². The molecule has 65 heavy (non-hydrogen) atoms. The second kappa shape index (κ2) is 16.1. The molecule has 10 aromatic rings. The molecule has 0 saturated carbocycles. The van der Waals surface area contributed by atoms with Crippen LogP contribution in [0.2, 0.25) is 0 Å². The third kappa shape index (κ3) is 6.60. The molecule has 1 aliphatic carbocycles. The summed E-state index contributed by atoms with van der Waals surface area (Å²) in [6.07, 6.45) is -0.324. The summed E-state index contributed by atoms with van der Waals surface area (Å²) in [4.78, 5) is 10.4. The topological polar surface area (TPSA) is 36.8 Å². The predicted molar refractivity (Wildman–Crippen MR) is 269 cm³/mol. The highest BCUT2D eigenvalue weighted by atomic mass is 15.2. The molecule has 1 N–H and O–H groups in total. The van der Waals surface area contributed by atoms with Gasteiger partial charge in [-0.3, -0.25) is 0 Å². The molecule has 0 amide bonds. The first-order valence-electron chi connectivity index (χ1n) is 22.3. The molecule has 306 valence electrons. The number of rotatable bonds is 8. The average Bonchev–Trinajstić information content (AvgIpc) is 3.69. The normalized spacial score (nSPS) is 14.7. The van der Waals surface area contributed by atoms with Crippen LogP contribution in [0.15, 0.2) is 259 Å². The molecular weight excluding hydrogens is 787 g/mol. The lowest BCUT2D eigenvalue weighted by molar-refractivity contribution is 0.674. The number of nitrogens with zero attached hydrogens (tertiary/aromatic N) is 2. The van der Waals surface area contributed by atoms with E-state index >= 15 is 0 Å². The van der Waals surface area contributed by atoms with E-state index in [1.165, 1.54) is 66.4 Å². The van der Waals surface area contributed by atoms with Crippen molar-refractivity contribution < 1.29 is 0 Å². The number of hydrogen-bond acceptors (Lipinski definition) is 3. The van der Waals surface area contributed by atoms with Crippen molar-refractivity contribution >= 4 is 22.4 Å². The lowest BCUT2D eigenvalue weighted by atomic mass is 9.67. The molecule has 3 nitrogen and oxygen atoms in total. The zero-order chi connectivity index (χ0) is 43.2. The van der Waals surface area contributed by atoms with Gasteiger partial charge in [0, 0.05) is 11.1 Å². The van der Waals surface area contributed by atoms with E-state index in [4.69, 9.17) is 9.98 Å². The highest BCUT2D eigenvalue weighted by Crippen LogP contribution is 2.57. The summed E-state index contributed by atoms with van der Waals surface area (Å²) in [7, 11) is 0. The second-order valence-electron chi connectivity index (χ2n) is 16.9. The van der Waals surface area contributed by atoms with E-state index in [1.807, 2.05) is 6.07 Å². The highest BCUT2D eigenvalue weighted by Gasteiger charge is 2.46. The number of aliphatic imine (C=N–C) groups is 2. The number of amidine groups is 2. The van der Waals surface area contributed by atoms with E-state index in [-0.39, 0.29) is 6.17 Å². The minimum Gasteiger partial charge on any atom is -0.344 e.